The molecule has 0 saturated heterocycles. The van der Waals surface area contributed by atoms with Gasteiger partial charge in [-0.3, -0.25) is 0 Å². The van der Waals surface area contributed by atoms with Crippen LogP contribution < -0.4 is 4.90 Å². The van der Waals surface area contributed by atoms with Gasteiger partial charge in [0.05, 0.1) is 16.8 Å². The number of fused-ring (bicyclic) bond motifs is 13. The molecular weight excluding hydrogens is 619 g/mol. The Labute approximate surface area is 296 Å². The number of rotatable bonds is 3. The van der Waals surface area contributed by atoms with Crippen molar-refractivity contribution in [3.05, 3.63) is 210 Å². The van der Waals surface area contributed by atoms with Gasteiger partial charge in [-0.2, -0.15) is 0 Å². The summed E-state index contributed by atoms with van der Waals surface area (Å²) in [5.74, 6) is 0. The fourth-order valence-corrected chi connectivity index (χ4v) is 8.94. The Bertz CT molecular complexity index is 2750. The van der Waals surface area contributed by atoms with Gasteiger partial charge in [0, 0.05) is 22.0 Å². The summed E-state index contributed by atoms with van der Waals surface area (Å²) in [5.41, 5.74) is 16.9. The van der Waals surface area contributed by atoms with Gasteiger partial charge in [-0.15, -0.1) is 0 Å². The summed E-state index contributed by atoms with van der Waals surface area (Å²) in [7, 11) is 0. The normalized spacial score (nSPS) is 13.6. The minimum absolute atomic E-state index is 0.610. The fourth-order valence-electron chi connectivity index (χ4n) is 8.94. The second-order valence-corrected chi connectivity index (χ2v) is 13.6. The summed E-state index contributed by atoms with van der Waals surface area (Å²) in [6.07, 6.45) is 0. The maximum Gasteiger partial charge on any atom is 0.142 e. The molecule has 8 aromatic carbocycles. The fraction of sp³-hybridized carbons (Fsp3) is 0.0204. The smallest absolute Gasteiger partial charge is 0.142 e. The molecule has 2 heterocycles. The topological polar surface area (TPSA) is 16.4 Å². The van der Waals surface area contributed by atoms with Crippen molar-refractivity contribution in [2.75, 3.05) is 4.90 Å². The molecule has 238 valence electrons. The zero-order valence-electron chi connectivity index (χ0n) is 27.8. The standard InChI is InChI=1S/C49H31NO/c1-3-13-32(14-4-1)34-23-26-36(27-24-34)50-44-30-28-40-39-19-9-12-22-46(39)51-48(40)47(44)49(41-20-10-7-17-37(41)38-18-8-11-21-42(38)49)43-29-25-35(31-45(43)50)33-15-5-2-6-16-33/h1-31H. The Morgan fingerprint density at radius 2 is 0.961 bits per heavy atom. The van der Waals surface area contributed by atoms with E-state index in [-0.39, 0.29) is 0 Å². The van der Waals surface area contributed by atoms with E-state index in [0.29, 0.717) is 0 Å². The van der Waals surface area contributed by atoms with E-state index in [2.05, 4.69) is 193 Å². The van der Waals surface area contributed by atoms with Crippen LogP contribution in [0.5, 0.6) is 0 Å². The molecule has 0 fully saturated rings. The summed E-state index contributed by atoms with van der Waals surface area (Å²) in [6.45, 7) is 0. The number of benzene rings is 8. The highest BCUT2D eigenvalue weighted by molar-refractivity contribution is 6.11. The van der Waals surface area contributed by atoms with Gasteiger partial charge < -0.3 is 9.32 Å². The Morgan fingerprint density at radius 1 is 0.392 bits per heavy atom. The minimum atomic E-state index is -0.610. The molecule has 0 N–H and O–H groups in total. The first kappa shape index (κ1) is 28.2. The van der Waals surface area contributed by atoms with Gasteiger partial charge in [-0.1, -0.05) is 152 Å². The second-order valence-electron chi connectivity index (χ2n) is 13.6. The average Bonchev–Trinajstić information content (AvgIpc) is 3.73. The zero-order valence-corrected chi connectivity index (χ0v) is 27.8. The minimum Gasteiger partial charge on any atom is -0.456 e. The lowest BCUT2D eigenvalue weighted by Gasteiger charge is -2.45. The molecule has 0 radical (unpaired) electrons. The van der Waals surface area contributed by atoms with Crippen LogP contribution in [0.25, 0.3) is 55.3 Å². The molecule has 11 rings (SSSR count). The largest absolute Gasteiger partial charge is 0.456 e. The first-order valence-electron chi connectivity index (χ1n) is 17.6. The van der Waals surface area contributed by atoms with Crippen molar-refractivity contribution >= 4 is 39.0 Å². The van der Waals surface area contributed by atoms with Crippen LogP contribution in [0.2, 0.25) is 0 Å². The molecule has 0 atom stereocenters. The Balaban J connectivity index is 1.29. The monoisotopic (exact) mass is 649 g/mol. The van der Waals surface area contributed by atoms with Crippen LogP contribution in [0.3, 0.4) is 0 Å². The summed E-state index contributed by atoms with van der Waals surface area (Å²) in [5, 5.41) is 2.27. The zero-order chi connectivity index (χ0) is 33.5. The number of para-hydroxylation sites is 1. The molecule has 0 unspecified atom stereocenters. The van der Waals surface area contributed by atoms with Crippen LogP contribution in [-0.2, 0) is 5.41 Å². The van der Waals surface area contributed by atoms with Crippen LogP contribution in [0.15, 0.2) is 192 Å². The lowest BCUT2D eigenvalue weighted by molar-refractivity contribution is 0.646. The van der Waals surface area contributed by atoms with Crippen molar-refractivity contribution in [3.8, 4) is 33.4 Å². The van der Waals surface area contributed by atoms with E-state index in [9.17, 15) is 0 Å². The predicted molar refractivity (Wildman–Crippen MR) is 210 cm³/mol. The third kappa shape index (κ3) is 3.87. The highest BCUT2D eigenvalue weighted by Gasteiger charge is 2.53. The number of hydrogen-bond acceptors (Lipinski definition) is 2. The summed E-state index contributed by atoms with van der Waals surface area (Å²) in [4.78, 5) is 2.47. The van der Waals surface area contributed by atoms with E-state index < -0.39 is 5.41 Å². The number of furan rings is 1. The van der Waals surface area contributed by atoms with Crippen molar-refractivity contribution in [2.45, 2.75) is 5.41 Å². The van der Waals surface area contributed by atoms with Crippen molar-refractivity contribution in [2.24, 2.45) is 0 Å². The summed E-state index contributed by atoms with van der Waals surface area (Å²) in [6, 6.07) is 68.4. The van der Waals surface area contributed by atoms with E-state index in [0.717, 1.165) is 33.3 Å². The summed E-state index contributed by atoms with van der Waals surface area (Å²) >= 11 is 0. The van der Waals surface area contributed by atoms with Crippen LogP contribution in [-0.4, -0.2) is 0 Å². The maximum atomic E-state index is 7.01. The molecular formula is C49H31NO. The van der Waals surface area contributed by atoms with Gasteiger partial charge in [0.1, 0.15) is 11.2 Å². The Morgan fingerprint density at radius 3 is 1.67 bits per heavy atom. The molecule has 1 aliphatic carbocycles. The maximum absolute atomic E-state index is 7.01. The predicted octanol–water partition coefficient (Wildman–Crippen LogP) is 13.1. The first-order chi connectivity index (χ1) is 25.3. The molecule has 51 heavy (non-hydrogen) atoms. The van der Waals surface area contributed by atoms with E-state index in [1.54, 1.807) is 0 Å². The van der Waals surface area contributed by atoms with Gasteiger partial charge in [0.15, 0.2) is 0 Å². The highest BCUT2D eigenvalue weighted by Crippen LogP contribution is 2.65. The van der Waals surface area contributed by atoms with Crippen molar-refractivity contribution in [1.82, 2.24) is 0 Å². The van der Waals surface area contributed by atoms with Crippen LogP contribution in [0, 0.1) is 0 Å². The SMILES string of the molecule is c1ccc(-c2ccc(N3c4cc(-c5ccccc5)ccc4C4(c5ccccc5-c5ccccc54)c4c3ccc3c4oc4ccccc43)cc2)cc1. The number of nitrogens with zero attached hydrogens (tertiary/aromatic N) is 1. The molecule has 1 aliphatic heterocycles. The lowest BCUT2D eigenvalue weighted by Crippen LogP contribution is -2.36. The number of anilines is 3. The van der Waals surface area contributed by atoms with E-state index in [1.165, 1.54) is 61.3 Å². The van der Waals surface area contributed by atoms with E-state index in [4.69, 9.17) is 4.42 Å². The summed E-state index contributed by atoms with van der Waals surface area (Å²) < 4.78 is 7.01. The highest BCUT2D eigenvalue weighted by atomic mass is 16.3. The lowest BCUT2D eigenvalue weighted by atomic mass is 9.64. The first-order valence-corrected chi connectivity index (χ1v) is 17.6. The van der Waals surface area contributed by atoms with Crippen LogP contribution in [0.4, 0.5) is 17.1 Å². The molecule has 2 nitrogen and oxygen atoms in total. The van der Waals surface area contributed by atoms with Crippen molar-refractivity contribution in [1.29, 1.82) is 0 Å². The van der Waals surface area contributed by atoms with Gasteiger partial charge in [0.2, 0.25) is 0 Å². The van der Waals surface area contributed by atoms with E-state index >= 15 is 0 Å². The second kappa shape index (κ2) is 10.7. The molecule has 1 spiro atoms. The molecule has 9 aromatic rings. The average molecular weight is 650 g/mol. The van der Waals surface area contributed by atoms with Crippen molar-refractivity contribution < 1.29 is 4.42 Å². The Hall–Kier alpha value is -6.64. The third-order valence-electron chi connectivity index (χ3n) is 11.1. The molecule has 2 aliphatic rings. The van der Waals surface area contributed by atoms with Gasteiger partial charge >= 0.3 is 0 Å². The van der Waals surface area contributed by atoms with Gasteiger partial charge in [-0.05, 0) is 86.5 Å². The van der Waals surface area contributed by atoms with Crippen LogP contribution in [0.1, 0.15) is 22.3 Å². The molecule has 2 heteroatoms. The van der Waals surface area contributed by atoms with E-state index in [1.807, 2.05) is 0 Å². The quantitative estimate of drug-likeness (QED) is 0.189. The number of hydrogen-bond donors (Lipinski definition) is 0. The molecule has 0 bridgehead atoms. The van der Waals surface area contributed by atoms with Crippen molar-refractivity contribution in [3.63, 3.8) is 0 Å². The van der Waals surface area contributed by atoms with Gasteiger partial charge in [0.25, 0.3) is 0 Å². The molecule has 0 amide bonds. The molecule has 1 aromatic heterocycles. The molecule has 0 saturated carbocycles. The Kier molecular flexibility index (Phi) is 5.91. The van der Waals surface area contributed by atoms with Gasteiger partial charge in [-0.25, -0.2) is 0 Å². The third-order valence-corrected chi connectivity index (χ3v) is 11.1. The van der Waals surface area contributed by atoms with Crippen LogP contribution >= 0.6 is 0 Å².